The molecule has 0 aromatic heterocycles. The highest BCUT2D eigenvalue weighted by molar-refractivity contribution is 5.67. The predicted octanol–water partition coefficient (Wildman–Crippen LogP) is 3.23. The van der Waals surface area contributed by atoms with E-state index in [0.717, 1.165) is 31.6 Å². The number of para-hydroxylation sites is 1. The van der Waals surface area contributed by atoms with Gasteiger partial charge >= 0.3 is 5.97 Å². The molecule has 4 heteroatoms. The van der Waals surface area contributed by atoms with Gasteiger partial charge in [-0.05, 0) is 39.3 Å². The van der Waals surface area contributed by atoms with Crippen molar-refractivity contribution in [1.82, 2.24) is 4.90 Å². The van der Waals surface area contributed by atoms with Crippen molar-refractivity contribution in [2.24, 2.45) is 0 Å². The van der Waals surface area contributed by atoms with Gasteiger partial charge in [0.15, 0.2) is 0 Å². The highest BCUT2D eigenvalue weighted by Gasteiger charge is 2.40. The molecular formula is C17H23NO3. The van der Waals surface area contributed by atoms with Crippen LogP contribution in [0.4, 0.5) is 0 Å². The molecule has 114 valence electrons. The Balaban J connectivity index is 1.92. The highest BCUT2D eigenvalue weighted by atomic mass is 16.5. The Morgan fingerprint density at radius 1 is 1.43 bits per heavy atom. The Morgan fingerprint density at radius 3 is 2.95 bits per heavy atom. The van der Waals surface area contributed by atoms with E-state index in [4.69, 9.17) is 9.84 Å². The number of nitrogens with zero attached hydrogens (tertiary/aromatic N) is 1. The average molecular weight is 289 g/mol. The number of carbonyl (C=O) groups is 1. The molecule has 2 atom stereocenters. The van der Waals surface area contributed by atoms with Crippen LogP contribution in [0.5, 0.6) is 5.75 Å². The third-order valence-electron chi connectivity index (χ3n) is 4.58. The first kappa shape index (κ1) is 14.4. The van der Waals surface area contributed by atoms with Gasteiger partial charge in [-0.3, -0.25) is 9.69 Å². The monoisotopic (exact) mass is 289 g/mol. The fourth-order valence-corrected chi connectivity index (χ4v) is 3.75. The summed E-state index contributed by atoms with van der Waals surface area (Å²) in [5.74, 6) is 0.242. The lowest BCUT2D eigenvalue weighted by atomic mass is 9.88. The molecule has 1 aromatic carbocycles. The zero-order chi connectivity index (χ0) is 15.0. The predicted molar refractivity (Wildman–Crippen MR) is 80.5 cm³/mol. The van der Waals surface area contributed by atoms with Crippen molar-refractivity contribution in [3.8, 4) is 5.75 Å². The van der Waals surface area contributed by atoms with Crippen LogP contribution in [0.1, 0.15) is 51.1 Å². The second-order valence-corrected chi connectivity index (χ2v) is 6.75. The molecule has 2 aliphatic heterocycles. The van der Waals surface area contributed by atoms with Crippen LogP contribution in [0.3, 0.4) is 0 Å². The van der Waals surface area contributed by atoms with Crippen molar-refractivity contribution in [3.63, 3.8) is 0 Å². The van der Waals surface area contributed by atoms with Crippen molar-refractivity contribution in [2.75, 3.05) is 6.54 Å². The maximum absolute atomic E-state index is 11.1. The van der Waals surface area contributed by atoms with Gasteiger partial charge in [-0.2, -0.15) is 0 Å². The molecule has 0 amide bonds. The summed E-state index contributed by atoms with van der Waals surface area (Å²) in [6.45, 7) is 5.20. The Morgan fingerprint density at radius 2 is 2.19 bits per heavy atom. The maximum atomic E-state index is 11.1. The number of ether oxygens (including phenoxy) is 1. The standard InChI is InChI=1S/C17H23NO3/c1-17(2)11-14(13-7-3-4-8-15(13)21-17)18-9-5-6-12(18)10-16(19)20/h3-4,7-8,12,14H,5-6,9-11H2,1-2H3,(H,19,20). The molecule has 2 aliphatic rings. The van der Waals surface area contributed by atoms with Crippen LogP contribution in [0.25, 0.3) is 0 Å². The van der Waals surface area contributed by atoms with Gasteiger partial charge in [0.05, 0.1) is 6.42 Å². The summed E-state index contributed by atoms with van der Waals surface area (Å²) in [7, 11) is 0. The van der Waals surface area contributed by atoms with Gasteiger partial charge in [-0.15, -0.1) is 0 Å². The molecule has 2 heterocycles. The Bertz CT molecular complexity index is 541. The fraction of sp³-hybridized carbons (Fsp3) is 0.588. The molecule has 1 N–H and O–H groups in total. The van der Waals surface area contributed by atoms with E-state index in [1.54, 1.807) is 0 Å². The average Bonchev–Trinajstić information content (AvgIpc) is 2.83. The summed E-state index contributed by atoms with van der Waals surface area (Å²) < 4.78 is 6.08. The lowest BCUT2D eigenvalue weighted by Crippen LogP contribution is -2.43. The van der Waals surface area contributed by atoms with Crippen LogP contribution in [0, 0.1) is 0 Å². The first-order valence-electron chi connectivity index (χ1n) is 7.72. The molecule has 0 radical (unpaired) electrons. The summed E-state index contributed by atoms with van der Waals surface area (Å²) in [5.41, 5.74) is 0.990. The molecule has 2 unspecified atom stereocenters. The normalized spacial score (nSPS) is 27.9. The number of carboxylic acid groups (broad SMARTS) is 1. The molecule has 4 nitrogen and oxygen atoms in total. The van der Waals surface area contributed by atoms with Crippen LogP contribution in [-0.2, 0) is 4.79 Å². The third-order valence-corrected chi connectivity index (χ3v) is 4.58. The molecule has 0 saturated carbocycles. The summed E-state index contributed by atoms with van der Waals surface area (Å²) in [5, 5.41) is 9.14. The van der Waals surface area contributed by atoms with Gasteiger partial charge in [0, 0.05) is 24.1 Å². The second-order valence-electron chi connectivity index (χ2n) is 6.75. The third kappa shape index (κ3) is 2.91. The van der Waals surface area contributed by atoms with E-state index in [0.29, 0.717) is 0 Å². The number of rotatable bonds is 3. The minimum absolute atomic E-state index is 0.148. The van der Waals surface area contributed by atoms with E-state index in [1.165, 1.54) is 5.56 Å². The van der Waals surface area contributed by atoms with Crippen LogP contribution in [-0.4, -0.2) is 34.2 Å². The number of benzene rings is 1. The van der Waals surface area contributed by atoms with E-state index in [9.17, 15) is 4.79 Å². The first-order chi connectivity index (χ1) is 9.96. The van der Waals surface area contributed by atoms with Crippen LogP contribution >= 0.6 is 0 Å². The smallest absolute Gasteiger partial charge is 0.304 e. The minimum atomic E-state index is -0.702. The SMILES string of the molecule is CC1(C)CC(N2CCCC2CC(=O)O)c2ccccc2O1. The van der Waals surface area contributed by atoms with Crippen molar-refractivity contribution in [2.45, 2.75) is 57.2 Å². The van der Waals surface area contributed by atoms with Crippen LogP contribution in [0.2, 0.25) is 0 Å². The first-order valence-corrected chi connectivity index (χ1v) is 7.72. The van der Waals surface area contributed by atoms with Gasteiger partial charge in [0.2, 0.25) is 0 Å². The zero-order valence-corrected chi connectivity index (χ0v) is 12.7. The molecule has 21 heavy (non-hydrogen) atoms. The molecule has 0 bridgehead atoms. The number of fused-ring (bicyclic) bond motifs is 1. The Kier molecular flexibility index (Phi) is 3.66. The van der Waals surface area contributed by atoms with Crippen molar-refractivity contribution in [3.05, 3.63) is 29.8 Å². The van der Waals surface area contributed by atoms with E-state index in [2.05, 4.69) is 24.8 Å². The van der Waals surface area contributed by atoms with Gasteiger partial charge in [0.1, 0.15) is 11.4 Å². The topological polar surface area (TPSA) is 49.8 Å². The van der Waals surface area contributed by atoms with Crippen molar-refractivity contribution < 1.29 is 14.6 Å². The van der Waals surface area contributed by atoms with E-state index < -0.39 is 5.97 Å². The molecule has 1 aromatic rings. The van der Waals surface area contributed by atoms with Gasteiger partial charge < -0.3 is 9.84 Å². The van der Waals surface area contributed by atoms with E-state index in [-0.39, 0.29) is 24.1 Å². The van der Waals surface area contributed by atoms with Crippen molar-refractivity contribution in [1.29, 1.82) is 0 Å². The van der Waals surface area contributed by atoms with Gasteiger partial charge in [-0.25, -0.2) is 0 Å². The van der Waals surface area contributed by atoms with E-state index >= 15 is 0 Å². The number of hydrogen-bond donors (Lipinski definition) is 1. The van der Waals surface area contributed by atoms with Gasteiger partial charge in [0.25, 0.3) is 0 Å². The molecule has 0 spiro atoms. The maximum Gasteiger partial charge on any atom is 0.304 e. The van der Waals surface area contributed by atoms with Crippen LogP contribution in [0.15, 0.2) is 24.3 Å². The molecule has 1 saturated heterocycles. The molecule has 3 rings (SSSR count). The summed E-state index contributed by atoms with van der Waals surface area (Å²) in [4.78, 5) is 13.5. The van der Waals surface area contributed by atoms with Gasteiger partial charge in [-0.1, -0.05) is 18.2 Å². The second kappa shape index (κ2) is 5.34. The summed E-state index contributed by atoms with van der Waals surface area (Å²) >= 11 is 0. The van der Waals surface area contributed by atoms with E-state index in [1.807, 2.05) is 18.2 Å². The number of likely N-dealkylation sites (tertiary alicyclic amines) is 1. The summed E-state index contributed by atoms with van der Waals surface area (Å²) in [6, 6.07) is 8.58. The Hall–Kier alpha value is -1.55. The van der Waals surface area contributed by atoms with Crippen molar-refractivity contribution >= 4 is 5.97 Å². The lowest BCUT2D eigenvalue weighted by Gasteiger charge is -2.43. The number of aliphatic carboxylic acids is 1. The fourth-order valence-electron chi connectivity index (χ4n) is 3.75. The molecule has 1 fully saturated rings. The largest absolute Gasteiger partial charge is 0.487 e. The molecule has 0 aliphatic carbocycles. The minimum Gasteiger partial charge on any atom is -0.487 e. The number of hydrogen-bond acceptors (Lipinski definition) is 3. The quantitative estimate of drug-likeness (QED) is 0.928. The number of carboxylic acids is 1. The summed E-state index contributed by atoms with van der Waals surface area (Å²) in [6.07, 6.45) is 3.20. The lowest BCUT2D eigenvalue weighted by molar-refractivity contribution is -0.138. The highest BCUT2D eigenvalue weighted by Crippen LogP contribution is 2.45. The molecular weight excluding hydrogens is 266 g/mol. The Labute approximate surface area is 125 Å². The van der Waals surface area contributed by atoms with Crippen LogP contribution < -0.4 is 4.74 Å². The zero-order valence-electron chi connectivity index (χ0n) is 12.7.